The summed E-state index contributed by atoms with van der Waals surface area (Å²) in [6, 6.07) is 3.94. The van der Waals surface area contributed by atoms with Crippen LogP contribution in [0.1, 0.15) is 25.0 Å². The van der Waals surface area contributed by atoms with Crippen molar-refractivity contribution in [2.75, 3.05) is 46.5 Å². The standard InChI is InChI=1S/C18H29N3O3/c1-22-13-9-20-18(19-8-6-16-5-3-11-23-16)21-10-7-17-15(14-21)4-2-12-24-17/h3,5,11,15,17H,2,4,6-10,12-14H2,1H3,(H,19,20). The van der Waals surface area contributed by atoms with Crippen LogP contribution in [0.2, 0.25) is 0 Å². The first kappa shape index (κ1) is 17.3. The van der Waals surface area contributed by atoms with Crippen molar-refractivity contribution in [3.05, 3.63) is 24.2 Å². The molecule has 24 heavy (non-hydrogen) atoms. The minimum Gasteiger partial charge on any atom is -0.469 e. The van der Waals surface area contributed by atoms with E-state index in [0.29, 0.717) is 25.2 Å². The van der Waals surface area contributed by atoms with Crippen molar-refractivity contribution in [1.82, 2.24) is 10.2 Å². The molecule has 2 aliphatic heterocycles. The van der Waals surface area contributed by atoms with Gasteiger partial charge in [0.25, 0.3) is 0 Å². The van der Waals surface area contributed by atoms with Gasteiger partial charge in [-0.05, 0) is 31.4 Å². The average molecular weight is 335 g/mol. The maximum absolute atomic E-state index is 5.92. The second-order valence-electron chi connectivity index (χ2n) is 6.50. The van der Waals surface area contributed by atoms with Crippen LogP contribution in [0.25, 0.3) is 0 Å². The lowest BCUT2D eigenvalue weighted by Crippen LogP contribution is -2.52. The van der Waals surface area contributed by atoms with E-state index in [4.69, 9.17) is 18.9 Å². The van der Waals surface area contributed by atoms with E-state index in [0.717, 1.165) is 50.8 Å². The molecule has 2 saturated heterocycles. The molecule has 6 nitrogen and oxygen atoms in total. The van der Waals surface area contributed by atoms with Crippen molar-refractivity contribution in [3.8, 4) is 0 Å². The predicted molar refractivity (Wildman–Crippen MR) is 93.2 cm³/mol. The van der Waals surface area contributed by atoms with Gasteiger partial charge in [0.2, 0.25) is 0 Å². The zero-order valence-corrected chi connectivity index (χ0v) is 14.6. The van der Waals surface area contributed by atoms with Crippen LogP contribution in [0.15, 0.2) is 27.8 Å². The van der Waals surface area contributed by atoms with Gasteiger partial charge in [0.05, 0.1) is 25.5 Å². The van der Waals surface area contributed by atoms with Crippen LogP contribution in [-0.4, -0.2) is 63.5 Å². The van der Waals surface area contributed by atoms with Gasteiger partial charge in [0, 0.05) is 45.7 Å². The number of likely N-dealkylation sites (tertiary alicyclic amines) is 1. The number of hydrogen-bond donors (Lipinski definition) is 1. The summed E-state index contributed by atoms with van der Waals surface area (Å²) in [5.74, 6) is 2.62. The number of furan rings is 1. The molecular formula is C18H29N3O3. The number of nitrogens with zero attached hydrogens (tertiary/aromatic N) is 2. The van der Waals surface area contributed by atoms with Crippen LogP contribution in [0.5, 0.6) is 0 Å². The van der Waals surface area contributed by atoms with Gasteiger partial charge < -0.3 is 24.1 Å². The van der Waals surface area contributed by atoms with Gasteiger partial charge in [-0.2, -0.15) is 0 Å². The minimum absolute atomic E-state index is 0.443. The Kier molecular flexibility index (Phi) is 6.55. The van der Waals surface area contributed by atoms with Crippen LogP contribution in [0.3, 0.4) is 0 Å². The Morgan fingerprint density at radius 1 is 1.46 bits per heavy atom. The monoisotopic (exact) mass is 335 g/mol. The molecule has 0 bridgehead atoms. The van der Waals surface area contributed by atoms with E-state index >= 15 is 0 Å². The molecule has 3 rings (SSSR count). The average Bonchev–Trinajstić information content (AvgIpc) is 3.13. The van der Waals surface area contributed by atoms with Gasteiger partial charge in [-0.15, -0.1) is 0 Å². The highest BCUT2D eigenvalue weighted by molar-refractivity contribution is 5.80. The van der Waals surface area contributed by atoms with Gasteiger partial charge in [0.1, 0.15) is 5.76 Å². The van der Waals surface area contributed by atoms with Crippen LogP contribution in [0, 0.1) is 5.92 Å². The molecule has 0 aromatic carbocycles. The molecule has 2 atom stereocenters. The van der Waals surface area contributed by atoms with Crippen molar-refractivity contribution >= 4 is 5.96 Å². The van der Waals surface area contributed by atoms with Gasteiger partial charge in [-0.25, -0.2) is 0 Å². The summed E-state index contributed by atoms with van der Waals surface area (Å²) < 4.78 is 16.5. The summed E-state index contributed by atoms with van der Waals surface area (Å²) in [6.07, 6.45) is 6.55. The largest absolute Gasteiger partial charge is 0.469 e. The van der Waals surface area contributed by atoms with Gasteiger partial charge in [-0.1, -0.05) is 0 Å². The number of methoxy groups -OCH3 is 1. The first-order chi connectivity index (χ1) is 11.9. The fourth-order valence-corrected chi connectivity index (χ4v) is 3.54. The molecular weight excluding hydrogens is 306 g/mol. The number of piperidine rings is 1. The summed E-state index contributed by atoms with van der Waals surface area (Å²) in [5, 5.41) is 3.50. The quantitative estimate of drug-likeness (QED) is 0.489. The number of hydrogen-bond acceptors (Lipinski definition) is 4. The summed E-state index contributed by atoms with van der Waals surface area (Å²) in [4.78, 5) is 7.11. The first-order valence-electron chi connectivity index (χ1n) is 9.03. The number of ether oxygens (including phenoxy) is 2. The molecule has 0 amide bonds. The number of guanidine groups is 1. The maximum Gasteiger partial charge on any atom is 0.194 e. The van der Waals surface area contributed by atoms with Crippen molar-refractivity contribution in [3.63, 3.8) is 0 Å². The highest BCUT2D eigenvalue weighted by atomic mass is 16.5. The molecule has 0 aliphatic carbocycles. The third-order valence-corrected chi connectivity index (χ3v) is 4.81. The molecule has 0 spiro atoms. The Morgan fingerprint density at radius 2 is 2.42 bits per heavy atom. The molecule has 2 aliphatic rings. The predicted octanol–water partition coefficient (Wildman–Crippen LogP) is 1.91. The number of nitrogens with one attached hydrogen (secondary N) is 1. The van der Waals surface area contributed by atoms with Gasteiger partial charge in [-0.3, -0.25) is 4.99 Å². The normalized spacial score (nSPS) is 24.7. The third kappa shape index (κ3) is 4.74. The molecule has 1 aromatic rings. The first-order valence-corrected chi connectivity index (χ1v) is 9.03. The summed E-state index contributed by atoms with van der Waals surface area (Å²) in [6.45, 7) is 5.11. The summed E-state index contributed by atoms with van der Waals surface area (Å²) in [5.41, 5.74) is 0. The van der Waals surface area contributed by atoms with Crippen LogP contribution < -0.4 is 5.32 Å². The summed E-state index contributed by atoms with van der Waals surface area (Å²) in [7, 11) is 1.71. The smallest absolute Gasteiger partial charge is 0.194 e. The van der Waals surface area contributed by atoms with Crippen LogP contribution in [-0.2, 0) is 15.9 Å². The lowest BCUT2D eigenvalue weighted by atomic mass is 9.88. The van der Waals surface area contributed by atoms with Crippen LogP contribution in [0.4, 0.5) is 0 Å². The fraction of sp³-hybridized carbons (Fsp3) is 0.722. The Balaban J connectivity index is 1.55. The maximum atomic E-state index is 5.92. The molecule has 6 heteroatoms. The number of aliphatic imine (C=N–C) groups is 1. The zero-order valence-electron chi connectivity index (χ0n) is 14.6. The lowest BCUT2D eigenvalue weighted by molar-refractivity contribution is -0.0559. The highest BCUT2D eigenvalue weighted by Crippen LogP contribution is 2.28. The molecule has 1 N–H and O–H groups in total. The number of rotatable bonds is 6. The third-order valence-electron chi connectivity index (χ3n) is 4.81. The highest BCUT2D eigenvalue weighted by Gasteiger charge is 2.33. The van der Waals surface area contributed by atoms with E-state index in [1.807, 2.05) is 12.1 Å². The van der Waals surface area contributed by atoms with E-state index in [2.05, 4.69) is 10.2 Å². The molecule has 0 saturated carbocycles. The van der Waals surface area contributed by atoms with Crippen molar-refractivity contribution in [2.45, 2.75) is 31.8 Å². The Labute approximate surface area is 144 Å². The topological polar surface area (TPSA) is 59.2 Å². The summed E-state index contributed by atoms with van der Waals surface area (Å²) >= 11 is 0. The van der Waals surface area contributed by atoms with E-state index in [9.17, 15) is 0 Å². The Bertz CT molecular complexity index is 504. The Hall–Kier alpha value is -1.53. The second-order valence-corrected chi connectivity index (χ2v) is 6.50. The number of fused-ring (bicyclic) bond motifs is 1. The molecule has 3 heterocycles. The molecule has 1 aromatic heterocycles. The molecule has 134 valence electrons. The minimum atomic E-state index is 0.443. The lowest BCUT2D eigenvalue weighted by Gasteiger charge is -2.42. The van der Waals surface area contributed by atoms with Gasteiger partial charge in [0.15, 0.2) is 5.96 Å². The molecule has 2 unspecified atom stereocenters. The Morgan fingerprint density at radius 3 is 3.25 bits per heavy atom. The van der Waals surface area contributed by atoms with E-state index < -0.39 is 0 Å². The second kappa shape index (κ2) is 9.08. The molecule has 2 fully saturated rings. The molecule has 0 radical (unpaired) electrons. The van der Waals surface area contributed by atoms with E-state index in [1.165, 1.54) is 12.8 Å². The SMILES string of the molecule is COCCN=C(NCCc1ccco1)N1CCC2OCCCC2C1. The van der Waals surface area contributed by atoms with Crippen LogP contribution >= 0.6 is 0 Å². The van der Waals surface area contributed by atoms with E-state index in [-0.39, 0.29) is 0 Å². The van der Waals surface area contributed by atoms with Crippen molar-refractivity contribution in [2.24, 2.45) is 10.9 Å². The van der Waals surface area contributed by atoms with E-state index in [1.54, 1.807) is 13.4 Å². The zero-order chi connectivity index (χ0) is 16.6. The van der Waals surface area contributed by atoms with Gasteiger partial charge >= 0.3 is 0 Å². The fourth-order valence-electron chi connectivity index (χ4n) is 3.54. The van der Waals surface area contributed by atoms with Crippen molar-refractivity contribution in [1.29, 1.82) is 0 Å². The van der Waals surface area contributed by atoms with Crippen molar-refractivity contribution < 1.29 is 13.9 Å².